The highest BCUT2D eigenvalue weighted by Crippen LogP contribution is 2.35. The average molecular weight is 409 g/mol. The van der Waals surface area contributed by atoms with Crippen LogP contribution in [0.5, 0.6) is 0 Å². The first-order chi connectivity index (χ1) is 13.6. The summed E-state index contributed by atoms with van der Waals surface area (Å²) in [6.07, 6.45) is 6.76. The second kappa shape index (κ2) is 8.34. The predicted molar refractivity (Wildman–Crippen MR) is 103 cm³/mol. The molecule has 0 amide bonds. The van der Waals surface area contributed by atoms with Gasteiger partial charge in [-0.2, -0.15) is 4.31 Å². The molecule has 0 N–H and O–H groups in total. The Hall–Kier alpha value is -1.71. The maximum absolute atomic E-state index is 12.9. The lowest BCUT2D eigenvalue weighted by Crippen LogP contribution is -2.48. The summed E-state index contributed by atoms with van der Waals surface area (Å²) in [5, 5.41) is 8.11. The molecule has 3 heterocycles. The number of rotatable bonds is 7. The smallest absolute Gasteiger partial charge is 0.283 e. The molecule has 0 aromatic carbocycles. The maximum atomic E-state index is 12.9. The van der Waals surface area contributed by atoms with E-state index in [1.54, 1.807) is 6.07 Å². The second-order valence-electron chi connectivity index (χ2n) is 7.64. The second-order valence-corrected chi connectivity index (χ2v) is 9.51. The van der Waals surface area contributed by atoms with Crippen molar-refractivity contribution in [1.82, 2.24) is 19.4 Å². The summed E-state index contributed by atoms with van der Waals surface area (Å²) in [5.74, 6) is 1.48. The van der Waals surface area contributed by atoms with Gasteiger partial charge in [0.2, 0.25) is 11.0 Å². The Bertz CT molecular complexity index is 877. The lowest BCUT2D eigenvalue weighted by atomic mass is 10.1. The highest BCUT2D eigenvalue weighted by Gasteiger charge is 2.31. The van der Waals surface area contributed by atoms with E-state index in [1.807, 2.05) is 0 Å². The van der Waals surface area contributed by atoms with Crippen molar-refractivity contribution in [3.63, 3.8) is 0 Å². The Balaban J connectivity index is 1.43. The highest BCUT2D eigenvalue weighted by atomic mass is 32.2. The molecule has 0 unspecified atom stereocenters. The predicted octanol–water partition coefficient (Wildman–Crippen LogP) is 3.09. The molecule has 9 heteroatoms. The molecule has 28 heavy (non-hydrogen) atoms. The number of hydrogen-bond acceptors (Lipinski definition) is 7. The lowest BCUT2D eigenvalue weighted by molar-refractivity contribution is 0.184. The van der Waals surface area contributed by atoms with Gasteiger partial charge in [-0.15, -0.1) is 10.2 Å². The number of hydrogen-bond donors (Lipinski definition) is 0. The molecule has 0 spiro atoms. The van der Waals surface area contributed by atoms with Crippen LogP contribution in [0.1, 0.15) is 57.3 Å². The standard InChI is InChI=1S/C19H28N4O4S/c1-2-3-10-22-11-13-23(14-12-22)28(24,25)17-9-8-16(26-17)19-21-20-18(27-19)15-6-4-5-7-15/h8-9,15H,2-7,10-14H2,1H3. The van der Waals surface area contributed by atoms with E-state index in [0.29, 0.717) is 30.7 Å². The Kier molecular flexibility index (Phi) is 5.84. The van der Waals surface area contributed by atoms with Crippen LogP contribution >= 0.6 is 0 Å². The van der Waals surface area contributed by atoms with Crippen molar-refractivity contribution in [2.75, 3.05) is 32.7 Å². The molecule has 1 aliphatic heterocycles. The van der Waals surface area contributed by atoms with E-state index in [1.165, 1.54) is 23.2 Å². The molecule has 0 atom stereocenters. The summed E-state index contributed by atoms with van der Waals surface area (Å²) in [7, 11) is -3.65. The monoisotopic (exact) mass is 408 g/mol. The molecule has 0 radical (unpaired) electrons. The number of sulfonamides is 1. The van der Waals surface area contributed by atoms with Crippen LogP contribution in [0, 0.1) is 0 Å². The molecule has 0 bridgehead atoms. The third kappa shape index (κ3) is 4.01. The topological polar surface area (TPSA) is 92.7 Å². The first-order valence-corrected chi connectivity index (χ1v) is 11.7. The molecule has 1 saturated carbocycles. The van der Waals surface area contributed by atoms with Gasteiger partial charge in [-0.05, 0) is 37.9 Å². The van der Waals surface area contributed by atoms with E-state index in [0.717, 1.165) is 45.3 Å². The van der Waals surface area contributed by atoms with Crippen LogP contribution in [0.2, 0.25) is 0 Å². The van der Waals surface area contributed by atoms with E-state index < -0.39 is 10.0 Å². The van der Waals surface area contributed by atoms with Gasteiger partial charge < -0.3 is 13.7 Å². The van der Waals surface area contributed by atoms with E-state index >= 15 is 0 Å². The van der Waals surface area contributed by atoms with E-state index in [-0.39, 0.29) is 11.0 Å². The first kappa shape index (κ1) is 19.6. The van der Waals surface area contributed by atoms with Crippen molar-refractivity contribution in [1.29, 1.82) is 0 Å². The summed E-state index contributed by atoms with van der Waals surface area (Å²) in [6.45, 7) is 5.65. The first-order valence-electron chi connectivity index (χ1n) is 10.2. The van der Waals surface area contributed by atoms with Crippen molar-refractivity contribution in [3.8, 4) is 11.7 Å². The average Bonchev–Trinajstić information content (AvgIpc) is 3.47. The van der Waals surface area contributed by atoms with Gasteiger partial charge >= 0.3 is 0 Å². The minimum absolute atomic E-state index is 0.0647. The molecular formula is C19H28N4O4S. The number of nitrogens with zero attached hydrogens (tertiary/aromatic N) is 4. The van der Waals surface area contributed by atoms with Crippen molar-refractivity contribution in [2.45, 2.75) is 56.5 Å². The number of piperazine rings is 1. The summed E-state index contributed by atoms with van der Waals surface area (Å²) in [4.78, 5) is 2.31. The highest BCUT2D eigenvalue weighted by molar-refractivity contribution is 7.89. The number of aromatic nitrogens is 2. The summed E-state index contributed by atoms with van der Waals surface area (Å²) in [5.41, 5.74) is 0. The largest absolute Gasteiger partial charge is 0.438 e. The molecule has 1 aliphatic carbocycles. The zero-order valence-corrected chi connectivity index (χ0v) is 17.2. The van der Waals surface area contributed by atoms with Crippen molar-refractivity contribution in [2.24, 2.45) is 0 Å². The molecule has 154 valence electrons. The van der Waals surface area contributed by atoms with Crippen LogP contribution in [0.4, 0.5) is 0 Å². The van der Waals surface area contributed by atoms with Gasteiger partial charge in [0, 0.05) is 32.1 Å². The van der Waals surface area contributed by atoms with E-state index in [9.17, 15) is 8.42 Å². The molecule has 8 nitrogen and oxygen atoms in total. The van der Waals surface area contributed by atoms with Gasteiger partial charge in [-0.3, -0.25) is 0 Å². The summed E-state index contributed by atoms with van der Waals surface area (Å²) < 4.78 is 38.7. The van der Waals surface area contributed by atoms with Crippen LogP contribution < -0.4 is 0 Å². The third-order valence-electron chi connectivity index (χ3n) is 5.69. The van der Waals surface area contributed by atoms with Crippen LogP contribution in [0.25, 0.3) is 11.7 Å². The molecule has 1 saturated heterocycles. The van der Waals surface area contributed by atoms with Crippen LogP contribution in [0.15, 0.2) is 26.1 Å². The lowest BCUT2D eigenvalue weighted by Gasteiger charge is -2.33. The van der Waals surface area contributed by atoms with Gasteiger partial charge in [0.15, 0.2) is 5.76 Å². The molecule has 2 fully saturated rings. The zero-order valence-electron chi connectivity index (χ0n) is 16.3. The minimum atomic E-state index is -3.65. The third-order valence-corrected chi connectivity index (χ3v) is 7.46. The molecule has 2 aromatic heterocycles. The van der Waals surface area contributed by atoms with Crippen LogP contribution in [-0.4, -0.2) is 60.5 Å². The Morgan fingerprint density at radius 2 is 1.82 bits per heavy atom. The number of furan rings is 1. The Morgan fingerprint density at radius 3 is 2.54 bits per heavy atom. The van der Waals surface area contributed by atoms with Crippen LogP contribution in [-0.2, 0) is 10.0 Å². The van der Waals surface area contributed by atoms with Crippen molar-refractivity contribution < 1.29 is 17.3 Å². The molecule has 2 aromatic rings. The Morgan fingerprint density at radius 1 is 1.07 bits per heavy atom. The maximum Gasteiger partial charge on any atom is 0.283 e. The fraction of sp³-hybridized carbons (Fsp3) is 0.684. The van der Waals surface area contributed by atoms with Crippen molar-refractivity contribution in [3.05, 3.63) is 18.0 Å². The van der Waals surface area contributed by atoms with Gasteiger partial charge in [0.05, 0.1) is 0 Å². The fourth-order valence-electron chi connectivity index (χ4n) is 3.95. The number of unbranched alkanes of at least 4 members (excludes halogenated alkanes) is 1. The van der Waals surface area contributed by atoms with Gasteiger partial charge in [0.25, 0.3) is 15.9 Å². The zero-order chi connectivity index (χ0) is 19.6. The minimum Gasteiger partial charge on any atom is -0.438 e. The normalized spacial score (nSPS) is 20.2. The van der Waals surface area contributed by atoms with Gasteiger partial charge in [0.1, 0.15) is 0 Å². The van der Waals surface area contributed by atoms with Gasteiger partial charge in [-0.1, -0.05) is 26.2 Å². The van der Waals surface area contributed by atoms with Crippen LogP contribution in [0.3, 0.4) is 0 Å². The summed E-state index contributed by atoms with van der Waals surface area (Å²) in [6, 6.07) is 3.07. The fourth-order valence-corrected chi connectivity index (χ4v) is 5.28. The van der Waals surface area contributed by atoms with E-state index in [4.69, 9.17) is 8.83 Å². The summed E-state index contributed by atoms with van der Waals surface area (Å²) >= 11 is 0. The molecular weight excluding hydrogens is 380 g/mol. The van der Waals surface area contributed by atoms with Gasteiger partial charge in [-0.25, -0.2) is 8.42 Å². The SMILES string of the molecule is CCCCN1CCN(S(=O)(=O)c2ccc(-c3nnc(C4CCCC4)o3)o2)CC1. The Labute approximate surface area is 165 Å². The van der Waals surface area contributed by atoms with Crippen molar-refractivity contribution >= 4 is 10.0 Å². The molecule has 4 rings (SSSR count). The quantitative estimate of drug-likeness (QED) is 0.695. The molecule has 2 aliphatic rings. The van der Waals surface area contributed by atoms with E-state index in [2.05, 4.69) is 22.0 Å².